The summed E-state index contributed by atoms with van der Waals surface area (Å²) in [5.74, 6) is -0.162. The van der Waals surface area contributed by atoms with Gasteiger partial charge >= 0.3 is 0 Å². The van der Waals surface area contributed by atoms with Crippen molar-refractivity contribution >= 4 is 27.1 Å². The second kappa shape index (κ2) is 7.31. The fraction of sp³-hybridized carbons (Fsp3) is 0.188. The molecule has 0 aliphatic heterocycles. The van der Waals surface area contributed by atoms with Gasteiger partial charge in [0.15, 0.2) is 16.4 Å². The number of aryl methyl sites for hydroxylation is 1. The summed E-state index contributed by atoms with van der Waals surface area (Å²) in [7, 11) is -3.37. The minimum Gasteiger partial charge on any atom is -0.484 e. The first-order valence-electron chi connectivity index (χ1n) is 7.14. The van der Waals surface area contributed by atoms with E-state index in [0.29, 0.717) is 17.0 Å². The van der Waals surface area contributed by atoms with Crippen LogP contribution in [0.2, 0.25) is 0 Å². The molecule has 2 rings (SSSR count). The van der Waals surface area contributed by atoms with Crippen LogP contribution in [0.15, 0.2) is 47.4 Å². The summed E-state index contributed by atoms with van der Waals surface area (Å²) < 4.78 is 28.3. The Balaban J connectivity index is 2.00. The molecule has 0 saturated heterocycles. The molecular formula is C16H16N2O6S. The van der Waals surface area contributed by atoms with Gasteiger partial charge in [-0.25, -0.2) is 8.42 Å². The van der Waals surface area contributed by atoms with Gasteiger partial charge in [-0.1, -0.05) is 6.07 Å². The summed E-state index contributed by atoms with van der Waals surface area (Å²) in [5.41, 5.74) is 0.717. The van der Waals surface area contributed by atoms with E-state index < -0.39 is 20.7 Å². The van der Waals surface area contributed by atoms with Crippen LogP contribution in [-0.2, 0) is 14.6 Å². The van der Waals surface area contributed by atoms with Crippen LogP contribution in [0.3, 0.4) is 0 Å². The van der Waals surface area contributed by atoms with Crippen LogP contribution >= 0.6 is 0 Å². The van der Waals surface area contributed by atoms with Gasteiger partial charge in [0.25, 0.3) is 11.6 Å². The maximum atomic E-state index is 11.9. The highest BCUT2D eigenvalue weighted by molar-refractivity contribution is 7.90. The lowest BCUT2D eigenvalue weighted by Gasteiger charge is -2.09. The molecule has 0 bridgehead atoms. The summed E-state index contributed by atoms with van der Waals surface area (Å²) in [6.07, 6.45) is 1.08. The number of hydrogen-bond acceptors (Lipinski definition) is 6. The highest BCUT2D eigenvalue weighted by Crippen LogP contribution is 2.23. The number of amides is 1. The molecule has 0 aliphatic rings. The van der Waals surface area contributed by atoms with Gasteiger partial charge in [0, 0.05) is 23.6 Å². The Hall–Kier alpha value is -2.94. The Labute approximate surface area is 144 Å². The van der Waals surface area contributed by atoms with Crippen molar-refractivity contribution in [3.63, 3.8) is 0 Å². The SMILES string of the molecule is Cc1cc(OCC(=O)Nc2cccc(S(C)(=O)=O)c2)ccc1[N+](=O)[O-]. The zero-order valence-electron chi connectivity index (χ0n) is 13.6. The molecule has 2 aromatic carbocycles. The molecule has 25 heavy (non-hydrogen) atoms. The Morgan fingerprint density at radius 2 is 1.96 bits per heavy atom. The van der Waals surface area contributed by atoms with Gasteiger partial charge in [-0.15, -0.1) is 0 Å². The van der Waals surface area contributed by atoms with E-state index in [-0.39, 0.29) is 17.2 Å². The lowest BCUT2D eigenvalue weighted by molar-refractivity contribution is -0.385. The maximum absolute atomic E-state index is 11.9. The van der Waals surface area contributed by atoms with Crippen LogP contribution in [-0.4, -0.2) is 32.1 Å². The normalized spacial score (nSPS) is 11.0. The number of nitro benzene ring substituents is 1. The first-order chi connectivity index (χ1) is 11.7. The van der Waals surface area contributed by atoms with E-state index in [0.717, 1.165) is 6.26 Å². The second-order valence-corrected chi connectivity index (χ2v) is 7.36. The van der Waals surface area contributed by atoms with Crippen molar-refractivity contribution in [3.05, 3.63) is 58.1 Å². The Morgan fingerprint density at radius 3 is 2.56 bits per heavy atom. The van der Waals surface area contributed by atoms with Crippen LogP contribution in [0.25, 0.3) is 0 Å². The standard InChI is InChI=1S/C16H16N2O6S/c1-11-8-13(6-7-15(11)18(20)21)24-10-16(19)17-12-4-3-5-14(9-12)25(2,22)23/h3-9H,10H2,1-2H3,(H,17,19). The Kier molecular flexibility index (Phi) is 5.38. The Bertz CT molecular complexity index is 924. The van der Waals surface area contributed by atoms with Crippen molar-refractivity contribution in [2.45, 2.75) is 11.8 Å². The fourth-order valence-electron chi connectivity index (χ4n) is 2.07. The maximum Gasteiger partial charge on any atom is 0.272 e. The van der Waals surface area contributed by atoms with E-state index in [4.69, 9.17) is 4.74 Å². The summed E-state index contributed by atoms with van der Waals surface area (Å²) in [5, 5.41) is 13.3. The molecule has 1 amide bonds. The van der Waals surface area contributed by atoms with Gasteiger partial charge in [-0.2, -0.15) is 0 Å². The van der Waals surface area contributed by atoms with Gasteiger partial charge in [0.05, 0.1) is 9.82 Å². The molecule has 0 fully saturated rings. The third kappa shape index (κ3) is 5.01. The van der Waals surface area contributed by atoms with Crippen LogP contribution < -0.4 is 10.1 Å². The number of carbonyl (C=O) groups is 1. The topological polar surface area (TPSA) is 116 Å². The van der Waals surface area contributed by atoms with Gasteiger partial charge < -0.3 is 10.1 Å². The van der Waals surface area contributed by atoms with Gasteiger partial charge in [0.1, 0.15) is 5.75 Å². The average molecular weight is 364 g/mol. The highest BCUT2D eigenvalue weighted by Gasteiger charge is 2.12. The molecule has 0 aliphatic carbocycles. The predicted molar refractivity (Wildman–Crippen MR) is 91.5 cm³/mol. The molecule has 0 radical (unpaired) electrons. The molecule has 1 N–H and O–H groups in total. The monoisotopic (exact) mass is 364 g/mol. The average Bonchev–Trinajstić information content (AvgIpc) is 2.52. The third-order valence-electron chi connectivity index (χ3n) is 3.28. The van der Waals surface area contributed by atoms with Crippen molar-refractivity contribution in [3.8, 4) is 5.75 Å². The van der Waals surface area contributed by atoms with Crippen molar-refractivity contribution in [2.24, 2.45) is 0 Å². The molecule has 132 valence electrons. The van der Waals surface area contributed by atoms with Crippen molar-refractivity contribution in [1.29, 1.82) is 0 Å². The van der Waals surface area contributed by atoms with Crippen molar-refractivity contribution in [2.75, 3.05) is 18.2 Å². The summed E-state index contributed by atoms with van der Waals surface area (Å²) in [4.78, 5) is 22.3. The van der Waals surface area contributed by atoms with Crippen LogP contribution in [0.4, 0.5) is 11.4 Å². The number of nitrogens with zero attached hydrogens (tertiary/aromatic N) is 1. The fourth-order valence-corrected chi connectivity index (χ4v) is 2.74. The van der Waals surface area contributed by atoms with E-state index in [9.17, 15) is 23.3 Å². The number of rotatable bonds is 6. The van der Waals surface area contributed by atoms with E-state index in [1.165, 1.54) is 36.4 Å². The number of hydrogen-bond donors (Lipinski definition) is 1. The Morgan fingerprint density at radius 1 is 1.24 bits per heavy atom. The summed E-state index contributed by atoms with van der Waals surface area (Å²) in [6.45, 7) is 1.25. The van der Waals surface area contributed by atoms with Crippen LogP contribution in [0.1, 0.15) is 5.56 Å². The quantitative estimate of drug-likeness (QED) is 0.621. The number of nitrogens with one attached hydrogen (secondary N) is 1. The number of benzene rings is 2. The first kappa shape index (κ1) is 18.4. The number of carbonyl (C=O) groups excluding carboxylic acids is 1. The number of nitro groups is 1. The molecule has 0 aromatic heterocycles. The number of ether oxygens (including phenoxy) is 1. The van der Waals surface area contributed by atoms with Crippen LogP contribution in [0.5, 0.6) is 5.75 Å². The van der Waals surface area contributed by atoms with E-state index in [1.54, 1.807) is 13.0 Å². The largest absolute Gasteiger partial charge is 0.484 e. The molecule has 0 heterocycles. The van der Waals surface area contributed by atoms with Crippen molar-refractivity contribution in [1.82, 2.24) is 0 Å². The first-order valence-corrected chi connectivity index (χ1v) is 9.04. The summed E-state index contributed by atoms with van der Waals surface area (Å²) in [6, 6.07) is 10.0. The molecule has 0 saturated carbocycles. The smallest absolute Gasteiger partial charge is 0.272 e. The van der Waals surface area contributed by atoms with Gasteiger partial charge in [-0.05, 0) is 37.3 Å². The van der Waals surface area contributed by atoms with Gasteiger partial charge in [0.2, 0.25) is 0 Å². The predicted octanol–water partition coefficient (Wildman–Crippen LogP) is 2.32. The highest BCUT2D eigenvalue weighted by atomic mass is 32.2. The molecule has 8 nitrogen and oxygen atoms in total. The molecule has 9 heteroatoms. The number of sulfone groups is 1. The van der Waals surface area contributed by atoms with E-state index in [2.05, 4.69) is 5.32 Å². The molecule has 0 unspecified atom stereocenters. The van der Waals surface area contributed by atoms with Crippen molar-refractivity contribution < 1.29 is 22.9 Å². The van der Waals surface area contributed by atoms with Gasteiger partial charge in [-0.3, -0.25) is 14.9 Å². The molecule has 2 aromatic rings. The number of anilines is 1. The minimum absolute atomic E-state index is 0.0330. The zero-order valence-corrected chi connectivity index (χ0v) is 14.4. The molecule has 0 spiro atoms. The van der Waals surface area contributed by atoms with E-state index >= 15 is 0 Å². The van der Waals surface area contributed by atoms with E-state index in [1.807, 2.05) is 0 Å². The second-order valence-electron chi connectivity index (χ2n) is 5.34. The molecular weight excluding hydrogens is 348 g/mol. The zero-order chi connectivity index (χ0) is 18.6. The lowest BCUT2D eigenvalue weighted by atomic mass is 10.2. The van der Waals surface area contributed by atoms with Crippen LogP contribution in [0, 0.1) is 17.0 Å². The minimum atomic E-state index is -3.37. The molecule has 0 atom stereocenters. The summed E-state index contributed by atoms with van der Waals surface area (Å²) >= 11 is 0. The lowest BCUT2D eigenvalue weighted by Crippen LogP contribution is -2.20. The third-order valence-corrected chi connectivity index (χ3v) is 4.39.